The lowest BCUT2D eigenvalue weighted by Gasteiger charge is -2.20. The van der Waals surface area contributed by atoms with E-state index in [1.165, 1.54) is 0 Å². The van der Waals surface area contributed by atoms with Gasteiger partial charge in [-0.2, -0.15) is 0 Å². The number of hydrogen-bond acceptors (Lipinski definition) is 3. The Labute approximate surface area is 99.7 Å². The van der Waals surface area contributed by atoms with Crippen LogP contribution in [0.1, 0.15) is 10.4 Å². The van der Waals surface area contributed by atoms with Crippen LogP contribution in [0.15, 0.2) is 30.0 Å². The molecule has 1 aliphatic rings. The number of nitrogens with one attached hydrogen (secondary N) is 1. The van der Waals surface area contributed by atoms with Gasteiger partial charge in [0.2, 0.25) is 0 Å². The zero-order valence-corrected chi connectivity index (χ0v) is 10.0. The van der Waals surface area contributed by atoms with Crippen LogP contribution in [0.2, 0.25) is 5.02 Å². The predicted octanol–water partition coefficient (Wildman–Crippen LogP) is 2.39. The molecule has 84 valence electrons. The topological polar surface area (TPSA) is 32.3 Å². The fraction of sp³-hybridized carbons (Fsp3) is 0.250. The second-order valence-electron chi connectivity index (χ2n) is 3.99. The number of halogens is 1. The van der Waals surface area contributed by atoms with Crippen molar-refractivity contribution in [2.75, 3.05) is 26.0 Å². The van der Waals surface area contributed by atoms with Crippen molar-refractivity contribution in [2.45, 2.75) is 0 Å². The van der Waals surface area contributed by atoms with Crippen LogP contribution < -0.4 is 5.32 Å². The van der Waals surface area contributed by atoms with Gasteiger partial charge in [-0.25, -0.2) is 0 Å². The average molecular weight is 237 g/mol. The molecule has 0 amide bonds. The molecule has 0 saturated carbocycles. The Morgan fingerprint density at radius 3 is 2.88 bits per heavy atom. The average Bonchev–Trinajstić information content (AvgIpc) is 2.22. The summed E-state index contributed by atoms with van der Waals surface area (Å²) in [5.41, 5.74) is 2.25. The van der Waals surface area contributed by atoms with Crippen molar-refractivity contribution in [3.63, 3.8) is 0 Å². The molecule has 1 heterocycles. The molecule has 0 fully saturated rings. The van der Waals surface area contributed by atoms with E-state index >= 15 is 0 Å². The van der Waals surface area contributed by atoms with Crippen LogP contribution in [-0.4, -0.2) is 31.3 Å². The fourth-order valence-electron chi connectivity index (χ4n) is 1.72. The summed E-state index contributed by atoms with van der Waals surface area (Å²) in [6.45, 7) is 0.561. The van der Waals surface area contributed by atoms with Gasteiger partial charge < -0.3 is 10.2 Å². The molecule has 0 radical (unpaired) electrons. The SMILES string of the molecule is CN(C)/C=C1/CNc2ccc(Cl)cc2C1=O. The van der Waals surface area contributed by atoms with Crippen molar-refractivity contribution < 1.29 is 4.79 Å². The largest absolute Gasteiger partial charge is 0.383 e. The number of hydrogen-bond donors (Lipinski definition) is 1. The standard InChI is InChI=1S/C12H13ClN2O/c1-15(2)7-8-6-14-11-4-3-9(13)5-10(11)12(8)16/h3-5,7,14H,6H2,1-2H3/b8-7-. The summed E-state index contributed by atoms with van der Waals surface area (Å²) < 4.78 is 0. The lowest BCUT2D eigenvalue weighted by atomic mass is 9.98. The van der Waals surface area contributed by atoms with E-state index in [4.69, 9.17) is 11.6 Å². The zero-order valence-electron chi connectivity index (χ0n) is 9.25. The van der Waals surface area contributed by atoms with E-state index in [0.29, 0.717) is 17.1 Å². The minimum absolute atomic E-state index is 0.0463. The minimum Gasteiger partial charge on any atom is -0.383 e. The van der Waals surface area contributed by atoms with Gasteiger partial charge in [-0.05, 0) is 18.2 Å². The summed E-state index contributed by atoms with van der Waals surface area (Å²) in [6.07, 6.45) is 1.83. The third-order valence-corrected chi connectivity index (χ3v) is 2.64. The first kappa shape index (κ1) is 11.0. The van der Waals surface area contributed by atoms with Crippen molar-refractivity contribution in [3.8, 4) is 0 Å². The maximum atomic E-state index is 12.1. The highest BCUT2D eigenvalue weighted by Crippen LogP contribution is 2.27. The van der Waals surface area contributed by atoms with Gasteiger partial charge in [0.15, 0.2) is 5.78 Å². The number of Topliss-reactive ketones (excluding diaryl/α,β-unsaturated/α-hetero) is 1. The highest BCUT2D eigenvalue weighted by atomic mass is 35.5. The van der Waals surface area contributed by atoms with E-state index in [0.717, 1.165) is 11.3 Å². The van der Waals surface area contributed by atoms with Gasteiger partial charge in [-0.3, -0.25) is 4.79 Å². The molecule has 0 saturated heterocycles. The molecule has 16 heavy (non-hydrogen) atoms. The van der Waals surface area contributed by atoms with Crippen LogP contribution in [0, 0.1) is 0 Å². The number of fused-ring (bicyclic) bond motifs is 1. The first-order valence-electron chi connectivity index (χ1n) is 5.03. The summed E-state index contributed by atoms with van der Waals surface area (Å²) in [4.78, 5) is 14.0. The molecule has 2 rings (SSSR count). The van der Waals surface area contributed by atoms with Gasteiger partial charge >= 0.3 is 0 Å². The first-order chi connectivity index (χ1) is 7.58. The van der Waals surface area contributed by atoms with Gasteiger partial charge in [0.25, 0.3) is 0 Å². The Balaban J connectivity index is 2.42. The zero-order chi connectivity index (χ0) is 11.7. The summed E-state index contributed by atoms with van der Waals surface area (Å²) in [5, 5.41) is 3.78. The van der Waals surface area contributed by atoms with Crippen molar-refractivity contribution in [2.24, 2.45) is 0 Å². The van der Waals surface area contributed by atoms with E-state index in [-0.39, 0.29) is 5.78 Å². The van der Waals surface area contributed by atoms with Gasteiger partial charge in [-0.15, -0.1) is 0 Å². The number of nitrogens with zero attached hydrogens (tertiary/aromatic N) is 1. The number of rotatable bonds is 1. The van der Waals surface area contributed by atoms with Crippen LogP contribution >= 0.6 is 11.6 Å². The maximum Gasteiger partial charge on any atom is 0.194 e. The predicted molar refractivity (Wildman–Crippen MR) is 66.0 cm³/mol. The van der Waals surface area contributed by atoms with Crippen LogP contribution in [-0.2, 0) is 0 Å². The lowest BCUT2D eigenvalue weighted by Crippen LogP contribution is -2.23. The molecule has 0 atom stereocenters. The molecular weight excluding hydrogens is 224 g/mol. The molecule has 0 spiro atoms. The maximum absolute atomic E-state index is 12.1. The summed E-state index contributed by atoms with van der Waals surface area (Å²) in [6, 6.07) is 5.32. The second-order valence-corrected chi connectivity index (χ2v) is 4.43. The molecule has 0 bridgehead atoms. The highest BCUT2D eigenvalue weighted by molar-refractivity contribution is 6.31. The monoisotopic (exact) mass is 236 g/mol. The van der Waals surface area contributed by atoms with Gasteiger partial charge in [0.05, 0.1) is 0 Å². The lowest BCUT2D eigenvalue weighted by molar-refractivity contribution is 0.103. The molecule has 1 aromatic carbocycles. The van der Waals surface area contributed by atoms with E-state index in [1.54, 1.807) is 12.1 Å². The number of ketones is 1. The normalized spacial score (nSPS) is 16.9. The van der Waals surface area contributed by atoms with Crippen molar-refractivity contribution in [3.05, 3.63) is 40.6 Å². The molecule has 1 aromatic rings. The van der Waals surface area contributed by atoms with E-state index in [9.17, 15) is 4.79 Å². The Bertz CT molecular complexity index is 466. The van der Waals surface area contributed by atoms with Crippen LogP contribution in [0.4, 0.5) is 5.69 Å². The molecule has 0 aliphatic carbocycles. The number of benzene rings is 1. The van der Waals surface area contributed by atoms with Crippen molar-refractivity contribution >= 4 is 23.1 Å². The van der Waals surface area contributed by atoms with Crippen LogP contribution in [0.25, 0.3) is 0 Å². The Morgan fingerprint density at radius 2 is 2.19 bits per heavy atom. The Hall–Kier alpha value is -1.48. The van der Waals surface area contributed by atoms with Gasteiger partial charge in [0.1, 0.15) is 0 Å². The van der Waals surface area contributed by atoms with Gasteiger partial charge in [0, 0.05) is 48.7 Å². The molecule has 4 heteroatoms. The number of carbonyl (C=O) groups excluding carboxylic acids is 1. The summed E-state index contributed by atoms with van der Waals surface area (Å²) in [7, 11) is 3.79. The summed E-state index contributed by atoms with van der Waals surface area (Å²) in [5.74, 6) is 0.0463. The molecular formula is C12H13ClN2O. The molecule has 3 nitrogen and oxygen atoms in total. The number of anilines is 1. The third-order valence-electron chi connectivity index (χ3n) is 2.40. The molecule has 1 aliphatic heterocycles. The Morgan fingerprint density at radius 1 is 1.44 bits per heavy atom. The van der Waals surface area contributed by atoms with Crippen molar-refractivity contribution in [1.29, 1.82) is 0 Å². The first-order valence-corrected chi connectivity index (χ1v) is 5.41. The van der Waals surface area contributed by atoms with Gasteiger partial charge in [-0.1, -0.05) is 11.6 Å². The quantitative estimate of drug-likeness (QED) is 0.760. The van der Waals surface area contributed by atoms with Crippen LogP contribution in [0.3, 0.4) is 0 Å². The molecule has 1 N–H and O–H groups in total. The highest BCUT2D eigenvalue weighted by Gasteiger charge is 2.21. The van der Waals surface area contributed by atoms with E-state index in [2.05, 4.69) is 5.32 Å². The van der Waals surface area contributed by atoms with E-state index in [1.807, 2.05) is 31.3 Å². The minimum atomic E-state index is 0.0463. The van der Waals surface area contributed by atoms with E-state index < -0.39 is 0 Å². The Kier molecular flexibility index (Phi) is 2.88. The third kappa shape index (κ3) is 2.04. The fourth-order valence-corrected chi connectivity index (χ4v) is 1.89. The molecule has 0 unspecified atom stereocenters. The van der Waals surface area contributed by atoms with Crippen molar-refractivity contribution in [1.82, 2.24) is 4.90 Å². The van der Waals surface area contributed by atoms with Crippen LogP contribution in [0.5, 0.6) is 0 Å². The molecule has 0 aromatic heterocycles. The smallest absolute Gasteiger partial charge is 0.194 e. The number of carbonyl (C=O) groups is 1. The summed E-state index contributed by atoms with van der Waals surface area (Å²) >= 11 is 5.89. The second kappa shape index (κ2) is 4.18.